The van der Waals surface area contributed by atoms with Crippen LogP contribution in [0.4, 0.5) is 0 Å². The highest BCUT2D eigenvalue weighted by atomic mass is 14.0. The molecule has 0 heterocycles. The highest BCUT2D eigenvalue weighted by Gasteiger charge is 1.97. The average molecular weight is 242 g/mol. The molecule has 0 spiro atoms. The molecule has 0 radical (unpaired) electrons. The molecule has 0 heteroatoms. The molecule has 17 heavy (non-hydrogen) atoms. The van der Waals surface area contributed by atoms with Gasteiger partial charge in [-0.3, -0.25) is 0 Å². The highest BCUT2D eigenvalue weighted by molar-refractivity contribution is 5.39. The van der Waals surface area contributed by atoms with Gasteiger partial charge in [-0.15, -0.1) is 0 Å². The molecule has 0 amide bonds. The zero-order chi connectivity index (χ0) is 11.7. The number of hydrogen-bond donors (Lipinski definition) is 0. The number of hydrogen-bond acceptors (Lipinski definition) is 0. The molecule has 0 atom stereocenters. The first kappa shape index (κ1) is 29.8. The van der Waals surface area contributed by atoms with Crippen molar-refractivity contribution in [3.63, 3.8) is 0 Å². The molecule has 0 aromatic carbocycles. The van der Waals surface area contributed by atoms with Gasteiger partial charge in [0.05, 0.1) is 0 Å². The van der Waals surface area contributed by atoms with E-state index < -0.39 is 0 Å². The van der Waals surface area contributed by atoms with Gasteiger partial charge in [0.2, 0.25) is 0 Å². The van der Waals surface area contributed by atoms with Gasteiger partial charge in [0.25, 0.3) is 0 Å². The first-order valence-electron chi connectivity index (χ1n) is 5.38. The molecule has 0 fully saturated rings. The zero-order valence-corrected chi connectivity index (χ0v) is 11.0. The first-order chi connectivity index (χ1) is 6.42. The fraction of sp³-hybridized carbons (Fsp3) is 0.647. The van der Waals surface area contributed by atoms with E-state index in [1.54, 1.807) is 0 Å². The molecule has 106 valence electrons. The van der Waals surface area contributed by atoms with Gasteiger partial charge in [-0.05, 0) is 45.8 Å². The van der Waals surface area contributed by atoms with Crippen LogP contribution in [0.5, 0.6) is 0 Å². The second-order valence-electron chi connectivity index (χ2n) is 3.71. The molecule has 0 aliphatic carbocycles. The van der Waals surface area contributed by atoms with E-state index >= 15 is 0 Å². The van der Waals surface area contributed by atoms with Crippen LogP contribution in [0, 0.1) is 0 Å². The predicted molar refractivity (Wildman–Crippen MR) is 88.8 cm³/mol. The van der Waals surface area contributed by atoms with Crippen molar-refractivity contribution in [2.45, 2.75) is 77.2 Å². The third kappa shape index (κ3) is 15.2. The van der Waals surface area contributed by atoms with Crippen LogP contribution in [0.1, 0.15) is 77.2 Å². The molecule has 0 aromatic heterocycles. The molecular formula is C17H38. The summed E-state index contributed by atoms with van der Waals surface area (Å²) in [4.78, 5) is 0. The van der Waals surface area contributed by atoms with Crippen LogP contribution in [-0.2, 0) is 0 Å². The highest BCUT2D eigenvalue weighted by Crippen LogP contribution is 2.18. The van der Waals surface area contributed by atoms with Crippen LogP contribution in [0.25, 0.3) is 0 Å². The van der Waals surface area contributed by atoms with E-state index in [9.17, 15) is 0 Å². The third-order valence-corrected chi connectivity index (χ3v) is 2.23. The van der Waals surface area contributed by atoms with Crippen molar-refractivity contribution in [2.24, 2.45) is 0 Å². The van der Waals surface area contributed by atoms with Gasteiger partial charge in [-0.2, -0.15) is 0 Å². The summed E-state index contributed by atoms with van der Waals surface area (Å²) in [6.07, 6.45) is 3.38. The van der Waals surface area contributed by atoms with Gasteiger partial charge in [0, 0.05) is 0 Å². The zero-order valence-electron chi connectivity index (χ0n) is 11.0. The normalized spacial score (nSPS) is 10.4. The van der Waals surface area contributed by atoms with Gasteiger partial charge in [0.1, 0.15) is 0 Å². The van der Waals surface area contributed by atoms with E-state index in [4.69, 9.17) is 0 Å². The van der Waals surface area contributed by atoms with Crippen molar-refractivity contribution in [1.82, 2.24) is 0 Å². The van der Waals surface area contributed by atoms with Gasteiger partial charge < -0.3 is 0 Å². The Hall–Kier alpha value is -0.780. The molecule has 0 saturated carbocycles. The van der Waals surface area contributed by atoms with Gasteiger partial charge in [-0.1, -0.05) is 66.3 Å². The average Bonchev–Trinajstić information content (AvgIpc) is 2.15. The lowest BCUT2D eigenvalue weighted by molar-refractivity contribution is 1.09. The van der Waals surface area contributed by atoms with Crippen molar-refractivity contribution in [1.29, 1.82) is 0 Å². The minimum Gasteiger partial charge on any atom is -0.0958 e. The monoisotopic (exact) mass is 242 g/mol. The third-order valence-electron chi connectivity index (χ3n) is 2.23. The van der Waals surface area contributed by atoms with Crippen molar-refractivity contribution in [3.8, 4) is 0 Å². The fourth-order valence-electron chi connectivity index (χ4n) is 0.832. The Morgan fingerprint density at radius 3 is 1.35 bits per heavy atom. The Labute approximate surface area is 113 Å². The topological polar surface area (TPSA) is 0 Å². The van der Waals surface area contributed by atoms with Crippen LogP contribution >= 0.6 is 0 Å². The second-order valence-corrected chi connectivity index (χ2v) is 3.71. The summed E-state index contributed by atoms with van der Waals surface area (Å²) in [7, 11) is 0. The summed E-state index contributed by atoms with van der Waals surface area (Å²) in [5, 5.41) is 0. The van der Waals surface area contributed by atoms with E-state index in [1.807, 2.05) is 6.92 Å². The second kappa shape index (κ2) is 17.6. The Morgan fingerprint density at radius 1 is 0.882 bits per heavy atom. The standard InChI is InChI=1S/C11H18.C3H8.3CH4/c1-7-9(4)11(6)10(5)8(2)3;1-3-2;;;/h7H,2H2,1,3-6H3;3H2,1-2H3;3*1H4/b9-7+,11-10-;;;;. The summed E-state index contributed by atoms with van der Waals surface area (Å²) in [5.74, 6) is 0. The molecule has 0 aliphatic heterocycles. The largest absolute Gasteiger partial charge is 0.0958 e. The van der Waals surface area contributed by atoms with Gasteiger partial charge in [-0.25, -0.2) is 0 Å². The molecule has 0 nitrogen and oxygen atoms in total. The molecular weight excluding hydrogens is 204 g/mol. The molecule has 0 unspecified atom stereocenters. The summed E-state index contributed by atoms with van der Waals surface area (Å²) in [6.45, 7) is 18.6. The quantitative estimate of drug-likeness (QED) is 0.449. The van der Waals surface area contributed by atoms with Crippen LogP contribution in [0.2, 0.25) is 0 Å². The SMILES string of the molecule is C.C.C.C=C(C)/C(C)=C(C)\C(C)=C\C.CCC. The van der Waals surface area contributed by atoms with Crippen LogP contribution < -0.4 is 0 Å². The number of allylic oxidation sites excluding steroid dienone is 5. The molecule has 0 rings (SSSR count). The summed E-state index contributed by atoms with van der Waals surface area (Å²) >= 11 is 0. The Bertz CT molecular complexity index is 226. The van der Waals surface area contributed by atoms with Crippen molar-refractivity contribution in [2.75, 3.05) is 0 Å². The molecule has 0 aliphatic rings. The van der Waals surface area contributed by atoms with E-state index in [1.165, 1.54) is 23.1 Å². The van der Waals surface area contributed by atoms with E-state index in [0.717, 1.165) is 5.57 Å². The predicted octanol–water partition coefficient (Wildman–Crippen LogP) is 7.19. The van der Waals surface area contributed by atoms with Crippen molar-refractivity contribution < 1.29 is 0 Å². The summed E-state index contributed by atoms with van der Waals surface area (Å²) in [6, 6.07) is 0. The van der Waals surface area contributed by atoms with Crippen molar-refractivity contribution in [3.05, 3.63) is 34.9 Å². The molecule has 0 aromatic rings. The maximum atomic E-state index is 3.91. The van der Waals surface area contributed by atoms with E-state index in [-0.39, 0.29) is 22.3 Å². The van der Waals surface area contributed by atoms with Crippen molar-refractivity contribution >= 4 is 0 Å². The molecule has 0 N–H and O–H groups in total. The minimum absolute atomic E-state index is 0. The van der Waals surface area contributed by atoms with Crippen LogP contribution in [-0.4, -0.2) is 0 Å². The Balaban J connectivity index is -0.0000000724. The Morgan fingerprint density at radius 2 is 1.18 bits per heavy atom. The van der Waals surface area contributed by atoms with E-state index in [0.29, 0.717) is 0 Å². The lowest BCUT2D eigenvalue weighted by Crippen LogP contribution is -1.86. The lowest BCUT2D eigenvalue weighted by Gasteiger charge is -2.06. The van der Waals surface area contributed by atoms with Crippen LogP contribution in [0.15, 0.2) is 34.9 Å². The van der Waals surface area contributed by atoms with Crippen LogP contribution in [0.3, 0.4) is 0 Å². The molecule has 0 saturated heterocycles. The minimum atomic E-state index is 0. The number of rotatable bonds is 2. The maximum absolute atomic E-state index is 3.91. The first-order valence-corrected chi connectivity index (χ1v) is 5.38. The summed E-state index contributed by atoms with van der Waals surface area (Å²) in [5.41, 5.74) is 5.15. The van der Waals surface area contributed by atoms with Gasteiger partial charge in [0.15, 0.2) is 0 Å². The lowest BCUT2D eigenvalue weighted by atomic mass is 10.00. The van der Waals surface area contributed by atoms with E-state index in [2.05, 4.69) is 54.2 Å². The summed E-state index contributed by atoms with van der Waals surface area (Å²) < 4.78 is 0. The Kier molecular flexibility index (Phi) is 30.9. The molecule has 0 bridgehead atoms. The van der Waals surface area contributed by atoms with Gasteiger partial charge >= 0.3 is 0 Å². The maximum Gasteiger partial charge on any atom is -0.0393 e. The fourth-order valence-corrected chi connectivity index (χ4v) is 0.832. The smallest absolute Gasteiger partial charge is 0.0393 e.